The highest BCUT2D eigenvalue weighted by atomic mass is 16.5. The fourth-order valence-corrected chi connectivity index (χ4v) is 0.832. The van der Waals surface area contributed by atoms with E-state index in [0.29, 0.717) is 13.0 Å². The average molecular weight is 173 g/mol. The Morgan fingerprint density at radius 2 is 2.17 bits per heavy atom. The van der Waals surface area contributed by atoms with Crippen molar-refractivity contribution in [2.45, 2.75) is 33.1 Å². The minimum Gasteiger partial charge on any atom is -0.382 e. The highest BCUT2D eigenvalue weighted by molar-refractivity contribution is 5.75. The number of hydrogen-bond acceptors (Lipinski definition) is 2. The Morgan fingerprint density at radius 1 is 1.42 bits per heavy atom. The zero-order valence-electron chi connectivity index (χ0n) is 8.06. The Bertz CT molecular complexity index is 115. The van der Waals surface area contributed by atoms with E-state index in [2.05, 4.69) is 5.32 Å². The minimum atomic E-state index is 0.136. The first-order chi connectivity index (χ1) is 5.81. The SMILES string of the molecule is CCCNC(=O)CCCOCC. The molecule has 0 aliphatic rings. The van der Waals surface area contributed by atoms with E-state index in [1.165, 1.54) is 0 Å². The molecule has 0 atom stereocenters. The number of ether oxygens (including phenoxy) is 1. The summed E-state index contributed by atoms with van der Waals surface area (Å²) in [7, 11) is 0. The van der Waals surface area contributed by atoms with E-state index in [9.17, 15) is 4.79 Å². The smallest absolute Gasteiger partial charge is 0.220 e. The van der Waals surface area contributed by atoms with Gasteiger partial charge in [0.15, 0.2) is 0 Å². The predicted octanol–water partition coefficient (Wildman–Crippen LogP) is 1.33. The fraction of sp³-hybridized carbons (Fsp3) is 0.889. The molecule has 0 saturated heterocycles. The number of nitrogens with one attached hydrogen (secondary N) is 1. The van der Waals surface area contributed by atoms with Crippen molar-refractivity contribution in [3.63, 3.8) is 0 Å². The zero-order valence-corrected chi connectivity index (χ0v) is 8.06. The van der Waals surface area contributed by atoms with Gasteiger partial charge in [-0.05, 0) is 19.8 Å². The molecule has 0 unspecified atom stereocenters. The number of rotatable bonds is 7. The van der Waals surface area contributed by atoms with E-state index < -0.39 is 0 Å². The van der Waals surface area contributed by atoms with Crippen molar-refractivity contribution in [1.82, 2.24) is 5.32 Å². The minimum absolute atomic E-state index is 0.136. The van der Waals surface area contributed by atoms with E-state index in [4.69, 9.17) is 4.74 Å². The molecule has 0 aliphatic heterocycles. The van der Waals surface area contributed by atoms with Gasteiger partial charge in [0.1, 0.15) is 0 Å². The molecule has 0 aliphatic carbocycles. The van der Waals surface area contributed by atoms with Crippen LogP contribution in [0.1, 0.15) is 33.1 Å². The number of carbonyl (C=O) groups is 1. The van der Waals surface area contributed by atoms with Crippen LogP contribution in [0.4, 0.5) is 0 Å². The second kappa shape index (κ2) is 8.53. The molecule has 0 heterocycles. The maximum atomic E-state index is 11.0. The van der Waals surface area contributed by atoms with Crippen LogP contribution < -0.4 is 5.32 Å². The summed E-state index contributed by atoms with van der Waals surface area (Å²) in [5.74, 6) is 0.136. The highest BCUT2D eigenvalue weighted by Crippen LogP contribution is 1.90. The molecule has 3 heteroatoms. The average Bonchev–Trinajstić information content (AvgIpc) is 2.09. The lowest BCUT2D eigenvalue weighted by atomic mass is 10.3. The molecule has 0 fully saturated rings. The first-order valence-electron chi connectivity index (χ1n) is 4.65. The molecule has 0 aromatic rings. The number of carbonyl (C=O) groups excluding carboxylic acids is 1. The molecule has 0 aromatic heterocycles. The lowest BCUT2D eigenvalue weighted by Gasteiger charge is -2.02. The second-order valence-corrected chi connectivity index (χ2v) is 2.65. The maximum Gasteiger partial charge on any atom is 0.220 e. The molecule has 1 N–H and O–H groups in total. The maximum absolute atomic E-state index is 11.0. The predicted molar refractivity (Wildman–Crippen MR) is 49.0 cm³/mol. The van der Waals surface area contributed by atoms with Gasteiger partial charge in [0.25, 0.3) is 0 Å². The van der Waals surface area contributed by atoms with Gasteiger partial charge >= 0.3 is 0 Å². The summed E-state index contributed by atoms with van der Waals surface area (Å²) in [6.45, 7) is 6.21. The normalized spacial score (nSPS) is 9.83. The Morgan fingerprint density at radius 3 is 2.75 bits per heavy atom. The number of hydrogen-bond donors (Lipinski definition) is 1. The Hall–Kier alpha value is -0.570. The van der Waals surface area contributed by atoms with Crippen LogP contribution in [0, 0.1) is 0 Å². The van der Waals surface area contributed by atoms with Crippen molar-refractivity contribution in [1.29, 1.82) is 0 Å². The van der Waals surface area contributed by atoms with E-state index in [0.717, 1.165) is 26.0 Å². The van der Waals surface area contributed by atoms with Crippen LogP contribution in [0.15, 0.2) is 0 Å². The topological polar surface area (TPSA) is 38.3 Å². The molecular formula is C9H19NO2. The summed E-state index contributed by atoms with van der Waals surface area (Å²) in [5, 5.41) is 2.81. The molecule has 0 aromatic carbocycles. The third-order valence-electron chi connectivity index (χ3n) is 1.47. The highest BCUT2D eigenvalue weighted by Gasteiger charge is 1.98. The molecule has 72 valence electrons. The third-order valence-corrected chi connectivity index (χ3v) is 1.47. The summed E-state index contributed by atoms with van der Waals surface area (Å²) in [4.78, 5) is 11.0. The molecule has 3 nitrogen and oxygen atoms in total. The van der Waals surface area contributed by atoms with Crippen LogP contribution in [0.2, 0.25) is 0 Å². The molecule has 0 spiro atoms. The van der Waals surface area contributed by atoms with Crippen molar-refractivity contribution >= 4 is 5.91 Å². The Kier molecular flexibility index (Phi) is 8.12. The zero-order chi connectivity index (χ0) is 9.23. The largest absolute Gasteiger partial charge is 0.382 e. The molecule has 12 heavy (non-hydrogen) atoms. The van der Waals surface area contributed by atoms with Crippen molar-refractivity contribution in [2.75, 3.05) is 19.8 Å². The van der Waals surface area contributed by atoms with Gasteiger partial charge in [0.2, 0.25) is 5.91 Å². The van der Waals surface area contributed by atoms with Crippen LogP contribution in [-0.4, -0.2) is 25.7 Å². The van der Waals surface area contributed by atoms with Gasteiger partial charge in [0, 0.05) is 26.2 Å². The van der Waals surface area contributed by atoms with Crippen molar-refractivity contribution in [2.24, 2.45) is 0 Å². The lowest BCUT2D eigenvalue weighted by Crippen LogP contribution is -2.23. The third kappa shape index (κ3) is 7.54. The lowest BCUT2D eigenvalue weighted by molar-refractivity contribution is -0.121. The second-order valence-electron chi connectivity index (χ2n) is 2.65. The fourth-order valence-electron chi connectivity index (χ4n) is 0.832. The quantitative estimate of drug-likeness (QED) is 0.590. The van der Waals surface area contributed by atoms with Gasteiger partial charge in [-0.1, -0.05) is 6.92 Å². The summed E-state index contributed by atoms with van der Waals surface area (Å²) in [6, 6.07) is 0. The van der Waals surface area contributed by atoms with Gasteiger partial charge in [-0.15, -0.1) is 0 Å². The van der Waals surface area contributed by atoms with E-state index >= 15 is 0 Å². The van der Waals surface area contributed by atoms with Gasteiger partial charge in [-0.25, -0.2) is 0 Å². The molecule has 0 saturated carbocycles. The van der Waals surface area contributed by atoms with Crippen LogP contribution >= 0.6 is 0 Å². The Balaban J connectivity index is 3.08. The first-order valence-corrected chi connectivity index (χ1v) is 4.65. The van der Waals surface area contributed by atoms with Gasteiger partial charge in [0.05, 0.1) is 0 Å². The summed E-state index contributed by atoms with van der Waals surface area (Å²) >= 11 is 0. The molecule has 0 rings (SSSR count). The van der Waals surface area contributed by atoms with Gasteiger partial charge in [-0.2, -0.15) is 0 Å². The van der Waals surface area contributed by atoms with Gasteiger partial charge < -0.3 is 10.1 Å². The van der Waals surface area contributed by atoms with E-state index in [-0.39, 0.29) is 5.91 Å². The molecule has 1 amide bonds. The molecular weight excluding hydrogens is 154 g/mol. The first kappa shape index (κ1) is 11.4. The van der Waals surface area contributed by atoms with Crippen LogP contribution in [0.25, 0.3) is 0 Å². The van der Waals surface area contributed by atoms with E-state index in [1.54, 1.807) is 0 Å². The summed E-state index contributed by atoms with van der Waals surface area (Å²) < 4.78 is 5.11. The molecule has 0 radical (unpaired) electrons. The monoisotopic (exact) mass is 173 g/mol. The van der Waals surface area contributed by atoms with Crippen molar-refractivity contribution < 1.29 is 9.53 Å². The van der Waals surface area contributed by atoms with Crippen molar-refractivity contribution in [3.05, 3.63) is 0 Å². The van der Waals surface area contributed by atoms with Crippen molar-refractivity contribution in [3.8, 4) is 0 Å². The summed E-state index contributed by atoms with van der Waals surface area (Å²) in [5.41, 5.74) is 0. The van der Waals surface area contributed by atoms with Gasteiger partial charge in [-0.3, -0.25) is 4.79 Å². The van der Waals surface area contributed by atoms with Crippen LogP contribution in [-0.2, 0) is 9.53 Å². The van der Waals surface area contributed by atoms with Crippen LogP contribution in [0.5, 0.6) is 0 Å². The standard InChI is InChI=1S/C9H19NO2/c1-3-7-10-9(11)6-5-8-12-4-2/h3-8H2,1-2H3,(H,10,11). The van der Waals surface area contributed by atoms with Crippen LogP contribution in [0.3, 0.4) is 0 Å². The molecule has 0 bridgehead atoms. The Labute approximate surface area is 74.5 Å². The summed E-state index contributed by atoms with van der Waals surface area (Å²) in [6.07, 6.45) is 2.40. The number of amides is 1. The van der Waals surface area contributed by atoms with E-state index in [1.807, 2.05) is 13.8 Å².